The number of hydrogen-bond acceptors (Lipinski definition) is 3. The number of likely N-dealkylation sites (tertiary alicyclic amines) is 1. The first-order chi connectivity index (χ1) is 9.00. The van der Waals surface area contributed by atoms with Gasteiger partial charge in [0, 0.05) is 19.0 Å². The Hall–Kier alpha value is -2.04. The molecule has 1 aromatic carbocycles. The minimum Gasteiger partial charge on any atom is -0.480 e. The number of carbonyl (C=O) groups excluding carboxylic acids is 2. The summed E-state index contributed by atoms with van der Waals surface area (Å²) in [6, 6.07) is 6.88. The lowest BCUT2D eigenvalue weighted by atomic mass is 10.2. The van der Waals surface area contributed by atoms with Crippen molar-refractivity contribution in [3.8, 4) is 5.75 Å². The third-order valence-corrected chi connectivity index (χ3v) is 3.24. The molecule has 0 aromatic heterocycles. The second-order valence-corrected chi connectivity index (χ2v) is 4.88. The normalized spacial score (nSPS) is 19.0. The minimum absolute atomic E-state index is 0.0331. The summed E-state index contributed by atoms with van der Waals surface area (Å²) in [5.41, 5.74) is 5.59. The molecule has 0 radical (unpaired) electrons. The molecule has 1 aliphatic heterocycles. The van der Waals surface area contributed by atoms with Crippen molar-refractivity contribution in [3.63, 3.8) is 0 Å². The number of benzene rings is 1. The maximum atomic E-state index is 12.1. The Morgan fingerprint density at radius 1 is 1.42 bits per heavy atom. The predicted octanol–water partition coefficient (Wildman–Crippen LogP) is 1.17. The quantitative estimate of drug-likeness (QED) is 0.885. The second-order valence-electron chi connectivity index (χ2n) is 4.88. The van der Waals surface area contributed by atoms with Crippen LogP contribution in [-0.4, -0.2) is 35.4 Å². The largest absolute Gasteiger partial charge is 0.480 e. The van der Waals surface area contributed by atoms with E-state index in [2.05, 4.69) is 0 Å². The topological polar surface area (TPSA) is 72.6 Å². The molecular formula is C14H18N2O3. The van der Waals surface area contributed by atoms with Crippen LogP contribution >= 0.6 is 0 Å². The molecule has 1 fully saturated rings. The van der Waals surface area contributed by atoms with Gasteiger partial charge in [-0.25, -0.2) is 0 Å². The first kappa shape index (κ1) is 13.4. The molecule has 0 aliphatic carbocycles. The van der Waals surface area contributed by atoms with Crippen molar-refractivity contribution in [3.05, 3.63) is 29.8 Å². The SMILES string of the molecule is CC(C)N1CCC(Oc2ccccc2C(N)=O)C1=O. The van der Waals surface area contributed by atoms with E-state index < -0.39 is 12.0 Å². The Balaban J connectivity index is 2.15. The molecule has 0 saturated carbocycles. The molecule has 1 aliphatic rings. The van der Waals surface area contributed by atoms with Gasteiger partial charge in [-0.1, -0.05) is 12.1 Å². The number of primary amides is 1. The van der Waals surface area contributed by atoms with Crippen LogP contribution in [0.15, 0.2) is 24.3 Å². The first-order valence-corrected chi connectivity index (χ1v) is 6.36. The molecule has 2 amide bonds. The number of ether oxygens (including phenoxy) is 1. The maximum Gasteiger partial charge on any atom is 0.263 e. The summed E-state index contributed by atoms with van der Waals surface area (Å²) < 4.78 is 5.67. The third kappa shape index (κ3) is 2.70. The lowest BCUT2D eigenvalue weighted by molar-refractivity contribution is -0.134. The molecule has 1 atom stereocenters. The zero-order valence-electron chi connectivity index (χ0n) is 11.1. The van der Waals surface area contributed by atoms with E-state index >= 15 is 0 Å². The van der Waals surface area contributed by atoms with Crippen LogP contribution in [0.4, 0.5) is 0 Å². The lowest BCUT2D eigenvalue weighted by Crippen LogP contribution is -2.37. The smallest absolute Gasteiger partial charge is 0.263 e. The van der Waals surface area contributed by atoms with E-state index in [4.69, 9.17) is 10.5 Å². The van der Waals surface area contributed by atoms with Crippen LogP contribution in [0.25, 0.3) is 0 Å². The Bertz CT molecular complexity index is 499. The van der Waals surface area contributed by atoms with Crippen LogP contribution in [0.3, 0.4) is 0 Å². The summed E-state index contributed by atoms with van der Waals surface area (Å²) in [6.07, 6.45) is 0.104. The first-order valence-electron chi connectivity index (χ1n) is 6.36. The van der Waals surface area contributed by atoms with Crippen LogP contribution < -0.4 is 10.5 Å². The maximum absolute atomic E-state index is 12.1. The van der Waals surface area contributed by atoms with Gasteiger partial charge >= 0.3 is 0 Å². The average molecular weight is 262 g/mol. The molecule has 1 unspecified atom stereocenters. The fraction of sp³-hybridized carbons (Fsp3) is 0.429. The van der Waals surface area contributed by atoms with Gasteiger partial charge in [0.05, 0.1) is 5.56 Å². The van der Waals surface area contributed by atoms with Crippen LogP contribution in [-0.2, 0) is 4.79 Å². The van der Waals surface area contributed by atoms with Crippen molar-refractivity contribution in [1.29, 1.82) is 0 Å². The summed E-state index contributed by atoms with van der Waals surface area (Å²) in [5.74, 6) is -0.213. The Labute approximate surface area is 112 Å². The summed E-state index contributed by atoms with van der Waals surface area (Å²) in [7, 11) is 0. The number of hydrogen-bond donors (Lipinski definition) is 1. The third-order valence-electron chi connectivity index (χ3n) is 3.24. The number of nitrogens with zero attached hydrogens (tertiary/aromatic N) is 1. The lowest BCUT2D eigenvalue weighted by Gasteiger charge is -2.21. The van der Waals surface area contributed by atoms with Crippen molar-refractivity contribution < 1.29 is 14.3 Å². The van der Waals surface area contributed by atoms with Crippen LogP contribution in [0.2, 0.25) is 0 Å². The molecule has 1 aromatic rings. The van der Waals surface area contributed by atoms with E-state index in [1.54, 1.807) is 29.2 Å². The Morgan fingerprint density at radius 2 is 2.11 bits per heavy atom. The van der Waals surface area contributed by atoms with E-state index in [9.17, 15) is 9.59 Å². The van der Waals surface area contributed by atoms with Crippen LogP contribution in [0, 0.1) is 0 Å². The molecular weight excluding hydrogens is 244 g/mol. The summed E-state index contributed by atoms with van der Waals surface area (Å²) in [4.78, 5) is 25.2. The van der Waals surface area contributed by atoms with Gasteiger partial charge in [0.25, 0.3) is 11.8 Å². The van der Waals surface area contributed by atoms with Crippen LogP contribution in [0.1, 0.15) is 30.6 Å². The van der Waals surface area contributed by atoms with Gasteiger partial charge < -0.3 is 15.4 Å². The zero-order chi connectivity index (χ0) is 14.0. The molecule has 0 spiro atoms. The number of nitrogens with two attached hydrogens (primary N) is 1. The molecule has 0 bridgehead atoms. The van der Waals surface area contributed by atoms with Crippen molar-refractivity contribution in [2.24, 2.45) is 5.73 Å². The van der Waals surface area contributed by atoms with Crippen molar-refractivity contribution in [2.75, 3.05) is 6.54 Å². The highest BCUT2D eigenvalue weighted by Crippen LogP contribution is 2.24. The fourth-order valence-corrected chi connectivity index (χ4v) is 2.22. The van der Waals surface area contributed by atoms with Crippen molar-refractivity contribution in [2.45, 2.75) is 32.4 Å². The van der Waals surface area contributed by atoms with Gasteiger partial charge in [0.2, 0.25) is 0 Å². The summed E-state index contributed by atoms with van der Waals surface area (Å²) >= 11 is 0. The molecule has 19 heavy (non-hydrogen) atoms. The molecule has 1 saturated heterocycles. The van der Waals surface area contributed by atoms with Gasteiger partial charge in [0.15, 0.2) is 6.10 Å². The molecule has 2 N–H and O–H groups in total. The van der Waals surface area contributed by atoms with Gasteiger partial charge in [-0.05, 0) is 26.0 Å². The van der Waals surface area contributed by atoms with Gasteiger partial charge in [-0.3, -0.25) is 9.59 Å². The van der Waals surface area contributed by atoms with Gasteiger partial charge in [-0.2, -0.15) is 0 Å². The number of para-hydroxylation sites is 1. The monoisotopic (exact) mass is 262 g/mol. The minimum atomic E-state index is -0.554. The standard InChI is InChI=1S/C14H18N2O3/c1-9(2)16-8-7-12(14(16)18)19-11-6-4-3-5-10(11)13(15)17/h3-6,9,12H,7-8H2,1-2H3,(H2,15,17). The highest BCUT2D eigenvalue weighted by molar-refractivity contribution is 5.95. The summed E-state index contributed by atoms with van der Waals surface area (Å²) in [5, 5.41) is 0. The molecule has 2 rings (SSSR count). The van der Waals surface area contributed by atoms with E-state index in [-0.39, 0.29) is 11.9 Å². The van der Waals surface area contributed by atoms with Crippen molar-refractivity contribution >= 4 is 11.8 Å². The number of carbonyl (C=O) groups is 2. The van der Waals surface area contributed by atoms with E-state index in [1.165, 1.54) is 0 Å². The second kappa shape index (κ2) is 5.30. The fourth-order valence-electron chi connectivity index (χ4n) is 2.22. The highest BCUT2D eigenvalue weighted by Gasteiger charge is 2.35. The molecule has 1 heterocycles. The average Bonchev–Trinajstić information content (AvgIpc) is 2.71. The van der Waals surface area contributed by atoms with E-state index in [0.29, 0.717) is 24.3 Å². The molecule has 5 heteroatoms. The van der Waals surface area contributed by atoms with Gasteiger partial charge in [-0.15, -0.1) is 0 Å². The van der Waals surface area contributed by atoms with Gasteiger partial charge in [0.1, 0.15) is 5.75 Å². The van der Waals surface area contributed by atoms with Crippen LogP contribution in [0.5, 0.6) is 5.75 Å². The predicted molar refractivity (Wildman–Crippen MR) is 70.8 cm³/mol. The summed E-state index contributed by atoms with van der Waals surface area (Å²) in [6.45, 7) is 4.62. The number of rotatable bonds is 4. The number of amides is 2. The Kier molecular flexibility index (Phi) is 3.74. The van der Waals surface area contributed by atoms with Crippen molar-refractivity contribution in [1.82, 2.24) is 4.90 Å². The molecule has 5 nitrogen and oxygen atoms in total. The Morgan fingerprint density at radius 3 is 2.68 bits per heavy atom. The zero-order valence-corrected chi connectivity index (χ0v) is 11.1. The molecule has 102 valence electrons. The van der Waals surface area contributed by atoms with E-state index in [1.807, 2.05) is 13.8 Å². The highest BCUT2D eigenvalue weighted by atomic mass is 16.5. The van der Waals surface area contributed by atoms with E-state index in [0.717, 1.165) is 0 Å².